The molecule has 3 rings (SSSR count). The van der Waals surface area contributed by atoms with Gasteiger partial charge in [-0.05, 0) is 37.3 Å². The SMILES string of the molecule is CC[C@H](C)n1c(SCc2ccc(C)cc2)nc2ccsc2c1=O. The number of thioether (sulfide) groups is 1. The summed E-state index contributed by atoms with van der Waals surface area (Å²) >= 11 is 3.11. The molecule has 0 amide bonds. The highest BCUT2D eigenvalue weighted by atomic mass is 32.2. The number of hydrogen-bond donors (Lipinski definition) is 0. The van der Waals surface area contributed by atoms with Crippen molar-refractivity contribution in [2.75, 3.05) is 0 Å². The van der Waals surface area contributed by atoms with E-state index in [-0.39, 0.29) is 11.6 Å². The van der Waals surface area contributed by atoms with Gasteiger partial charge in [0, 0.05) is 11.8 Å². The summed E-state index contributed by atoms with van der Waals surface area (Å²) in [6.45, 7) is 6.27. The molecule has 1 aromatic carbocycles. The standard InChI is InChI=1S/C18H20N2OS2/c1-4-13(3)20-17(21)16-15(9-10-22-16)19-18(20)23-11-14-7-5-12(2)6-8-14/h5-10,13H,4,11H2,1-3H3/t13-/m0/s1. The molecule has 0 saturated heterocycles. The molecule has 0 spiro atoms. The van der Waals surface area contributed by atoms with Crippen LogP contribution in [0.2, 0.25) is 0 Å². The highest BCUT2D eigenvalue weighted by Crippen LogP contribution is 2.26. The molecule has 23 heavy (non-hydrogen) atoms. The number of nitrogens with zero attached hydrogens (tertiary/aromatic N) is 2. The highest BCUT2D eigenvalue weighted by molar-refractivity contribution is 7.98. The van der Waals surface area contributed by atoms with Gasteiger partial charge >= 0.3 is 0 Å². The molecular weight excluding hydrogens is 324 g/mol. The Kier molecular flexibility index (Phi) is 4.87. The number of benzene rings is 1. The summed E-state index contributed by atoms with van der Waals surface area (Å²) in [5.41, 5.74) is 3.40. The molecule has 2 aromatic heterocycles. The molecule has 3 aromatic rings. The molecule has 0 N–H and O–H groups in total. The van der Waals surface area contributed by atoms with Crippen molar-refractivity contribution in [2.45, 2.75) is 44.1 Å². The van der Waals surface area contributed by atoms with Gasteiger partial charge in [0.25, 0.3) is 5.56 Å². The Hall–Kier alpha value is -1.59. The third-order valence-corrected chi connectivity index (χ3v) is 5.92. The normalized spacial score (nSPS) is 12.7. The van der Waals surface area contributed by atoms with E-state index in [9.17, 15) is 4.79 Å². The first-order valence-corrected chi connectivity index (χ1v) is 9.64. The van der Waals surface area contributed by atoms with Crippen molar-refractivity contribution in [1.82, 2.24) is 9.55 Å². The van der Waals surface area contributed by atoms with Gasteiger partial charge in [-0.25, -0.2) is 4.98 Å². The second-order valence-electron chi connectivity index (χ2n) is 5.74. The number of aryl methyl sites for hydroxylation is 1. The monoisotopic (exact) mass is 344 g/mol. The molecule has 1 atom stereocenters. The van der Waals surface area contributed by atoms with Crippen LogP contribution >= 0.6 is 23.1 Å². The van der Waals surface area contributed by atoms with E-state index in [4.69, 9.17) is 4.98 Å². The van der Waals surface area contributed by atoms with Gasteiger partial charge in [0.05, 0.1) is 5.52 Å². The molecule has 0 aliphatic rings. The van der Waals surface area contributed by atoms with Crippen molar-refractivity contribution >= 4 is 33.3 Å². The summed E-state index contributed by atoms with van der Waals surface area (Å²) in [6, 6.07) is 10.6. The molecule has 0 aliphatic heterocycles. The average molecular weight is 345 g/mol. The zero-order valence-electron chi connectivity index (χ0n) is 13.6. The summed E-state index contributed by atoms with van der Waals surface area (Å²) in [5, 5.41) is 2.75. The van der Waals surface area contributed by atoms with E-state index in [1.807, 2.05) is 16.0 Å². The Labute approximate surface area is 144 Å². The zero-order valence-corrected chi connectivity index (χ0v) is 15.2. The van der Waals surface area contributed by atoms with Gasteiger partial charge in [-0.15, -0.1) is 11.3 Å². The van der Waals surface area contributed by atoms with Crippen LogP contribution in [-0.4, -0.2) is 9.55 Å². The molecule has 2 heterocycles. The van der Waals surface area contributed by atoms with Gasteiger partial charge in [0.15, 0.2) is 5.16 Å². The Balaban J connectivity index is 1.97. The van der Waals surface area contributed by atoms with E-state index < -0.39 is 0 Å². The van der Waals surface area contributed by atoms with Crippen molar-refractivity contribution < 1.29 is 0 Å². The Bertz CT molecular complexity index is 865. The molecule has 0 radical (unpaired) electrons. The van der Waals surface area contributed by atoms with Crippen molar-refractivity contribution in [3.05, 3.63) is 57.2 Å². The van der Waals surface area contributed by atoms with Crippen molar-refractivity contribution in [1.29, 1.82) is 0 Å². The van der Waals surface area contributed by atoms with E-state index >= 15 is 0 Å². The highest BCUT2D eigenvalue weighted by Gasteiger charge is 2.16. The predicted octanol–water partition coefficient (Wildman–Crippen LogP) is 5.03. The second kappa shape index (κ2) is 6.89. The molecule has 0 fully saturated rings. The molecular formula is C18H20N2OS2. The lowest BCUT2D eigenvalue weighted by molar-refractivity contribution is 0.468. The lowest BCUT2D eigenvalue weighted by Crippen LogP contribution is -2.25. The smallest absolute Gasteiger partial charge is 0.272 e. The Morgan fingerprint density at radius 1 is 1.26 bits per heavy atom. The van der Waals surface area contributed by atoms with Gasteiger partial charge in [-0.3, -0.25) is 9.36 Å². The second-order valence-corrected chi connectivity index (χ2v) is 7.59. The number of hydrogen-bond acceptors (Lipinski definition) is 4. The van der Waals surface area contributed by atoms with Crippen LogP contribution in [0, 0.1) is 6.92 Å². The first kappa shape index (κ1) is 16.3. The maximum Gasteiger partial charge on any atom is 0.272 e. The summed E-state index contributed by atoms with van der Waals surface area (Å²) in [7, 11) is 0. The number of rotatable bonds is 5. The van der Waals surface area contributed by atoms with E-state index in [1.165, 1.54) is 22.5 Å². The van der Waals surface area contributed by atoms with Crippen LogP contribution in [0.1, 0.15) is 37.4 Å². The molecule has 5 heteroatoms. The first-order valence-electron chi connectivity index (χ1n) is 7.78. The minimum absolute atomic E-state index is 0.0887. The largest absolute Gasteiger partial charge is 0.284 e. The van der Waals surface area contributed by atoms with Crippen LogP contribution in [0.25, 0.3) is 10.2 Å². The molecule has 0 saturated carbocycles. The minimum Gasteiger partial charge on any atom is -0.284 e. The van der Waals surface area contributed by atoms with Gasteiger partial charge in [-0.2, -0.15) is 0 Å². The van der Waals surface area contributed by atoms with Gasteiger partial charge in [0.2, 0.25) is 0 Å². The van der Waals surface area contributed by atoms with Crippen LogP contribution in [0.15, 0.2) is 45.7 Å². The summed E-state index contributed by atoms with van der Waals surface area (Å²) in [6.07, 6.45) is 0.913. The molecule has 0 bridgehead atoms. The fraction of sp³-hybridized carbons (Fsp3) is 0.333. The summed E-state index contributed by atoms with van der Waals surface area (Å²) < 4.78 is 2.61. The molecule has 0 aliphatic carbocycles. The van der Waals surface area contributed by atoms with E-state index in [1.54, 1.807) is 11.8 Å². The number of aromatic nitrogens is 2. The molecule has 3 nitrogen and oxygen atoms in total. The van der Waals surface area contributed by atoms with E-state index in [0.29, 0.717) is 0 Å². The van der Waals surface area contributed by atoms with Crippen LogP contribution in [-0.2, 0) is 5.75 Å². The van der Waals surface area contributed by atoms with Crippen LogP contribution in [0.4, 0.5) is 0 Å². The van der Waals surface area contributed by atoms with Crippen LogP contribution in [0.3, 0.4) is 0 Å². The van der Waals surface area contributed by atoms with E-state index in [0.717, 1.165) is 27.5 Å². The summed E-state index contributed by atoms with van der Waals surface area (Å²) in [5.74, 6) is 0.818. The maximum atomic E-state index is 12.8. The number of thiophene rings is 1. The Morgan fingerprint density at radius 2 is 2.00 bits per heavy atom. The lowest BCUT2D eigenvalue weighted by Gasteiger charge is -2.17. The third kappa shape index (κ3) is 3.35. The van der Waals surface area contributed by atoms with Crippen molar-refractivity contribution in [2.24, 2.45) is 0 Å². The Morgan fingerprint density at radius 3 is 2.70 bits per heavy atom. The quantitative estimate of drug-likeness (QED) is 0.481. The van der Waals surface area contributed by atoms with Gasteiger partial charge in [-0.1, -0.05) is 48.5 Å². The zero-order chi connectivity index (χ0) is 16.4. The predicted molar refractivity (Wildman–Crippen MR) is 99.6 cm³/mol. The van der Waals surface area contributed by atoms with Gasteiger partial charge in [0.1, 0.15) is 4.70 Å². The van der Waals surface area contributed by atoms with Crippen LogP contribution in [0.5, 0.6) is 0 Å². The fourth-order valence-electron chi connectivity index (χ4n) is 2.41. The van der Waals surface area contributed by atoms with Crippen LogP contribution < -0.4 is 5.56 Å². The third-order valence-electron chi connectivity index (χ3n) is 4.00. The lowest BCUT2D eigenvalue weighted by atomic mass is 10.2. The first-order chi connectivity index (χ1) is 11.1. The average Bonchev–Trinajstić information content (AvgIpc) is 3.02. The van der Waals surface area contributed by atoms with Gasteiger partial charge < -0.3 is 0 Å². The molecule has 0 unspecified atom stereocenters. The topological polar surface area (TPSA) is 34.9 Å². The minimum atomic E-state index is 0.0887. The van der Waals surface area contributed by atoms with E-state index in [2.05, 4.69) is 45.0 Å². The number of fused-ring (bicyclic) bond motifs is 1. The van der Waals surface area contributed by atoms with Crippen molar-refractivity contribution in [3.8, 4) is 0 Å². The summed E-state index contributed by atoms with van der Waals surface area (Å²) in [4.78, 5) is 17.5. The maximum absolute atomic E-state index is 12.8. The van der Waals surface area contributed by atoms with Crippen molar-refractivity contribution in [3.63, 3.8) is 0 Å². The fourth-order valence-corrected chi connectivity index (χ4v) is 4.23. The molecule has 120 valence electrons.